The van der Waals surface area contributed by atoms with Crippen molar-refractivity contribution in [1.82, 2.24) is 24.8 Å². The lowest BCUT2D eigenvalue weighted by molar-refractivity contribution is -0.123. The van der Waals surface area contributed by atoms with Gasteiger partial charge < -0.3 is 29.8 Å². The van der Waals surface area contributed by atoms with Crippen molar-refractivity contribution in [2.75, 3.05) is 26.5 Å². The molecule has 1 aromatic carbocycles. The lowest BCUT2D eigenvalue weighted by Crippen LogP contribution is -2.44. The molecule has 0 aliphatic carbocycles. The number of anilines is 1. The molecule has 2 aromatic heterocycles. The van der Waals surface area contributed by atoms with E-state index in [1.54, 1.807) is 32.4 Å². The first-order valence-corrected chi connectivity index (χ1v) is 13.1. The maximum Gasteiger partial charge on any atom is 0.407 e. The second-order valence-corrected chi connectivity index (χ2v) is 11.0. The molecule has 3 aromatic rings. The maximum absolute atomic E-state index is 13.2. The third kappa shape index (κ3) is 8.29. The van der Waals surface area contributed by atoms with Gasteiger partial charge in [0, 0.05) is 20.3 Å². The second-order valence-electron chi connectivity index (χ2n) is 11.0. The highest BCUT2D eigenvalue weighted by molar-refractivity contribution is 5.96. The minimum Gasteiger partial charge on any atom is -0.453 e. The van der Waals surface area contributed by atoms with E-state index in [1.807, 2.05) is 12.1 Å². The molecule has 0 saturated heterocycles. The standard InChI is InChI=1S/C29H38N6O5/c1-29(2,3)17-19-11-9-13-20-25(19)33-23(30-20)18-35-16-10-14-22(27(35)38)31-26(37)21(32-28(39)40-6)12-7-8-15-24(36)34(4)5/h8-11,13-16,21H,7,12,17-18H2,1-6H3,(H,30,33)(H,31,37)(H,32,39). The van der Waals surface area contributed by atoms with Crippen LogP contribution >= 0.6 is 0 Å². The van der Waals surface area contributed by atoms with Crippen LogP contribution in [0.3, 0.4) is 0 Å². The summed E-state index contributed by atoms with van der Waals surface area (Å²) in [7, 11) is 4.46. The molecule has 0 aliphatic heterocycles. The van der Waals surface area contributed by atoms with E-state index in [-0.39, 0.29) is 30.0 Å². The number of nitrogens with zero attached hydrogens (tertiary/aromatic N) is 3. The number of carbonyl (C=O) groups excluding carboxylic acids is 3. The Balaban J connectivity index is 1.76. The summed E-state index contributed by atoms with van der Waals surface area (Å²) in [5.74, 6) is -0.156. The molecule has 0 radical (unpaired) electrons. The van der Waals surface area contributed by atoms with Crippen molar-refractivity contribution in [3.8, 4) is 0 Å². The number of hydrogen-bond acceptors (Lipinski definition) is 6. The maximum atomic E-state index is 13.2. The Hall–Kier alpha value is -4.41. The first-order chi connectivity index (χ1) is 18.9. The molecular formula is C29H38N6O5. The summed E-state index contributed by atoms with van der Waals surface area (Å²) in [4.78, 5) is 59.3. The van der Waals surface area contributed by atoms with Crippen molar-refractivity contribution >= 4 is 34.6 Å². The number of nitrogens with one attached hydrogen (secondary N) is 3. The molecule has 1 atom stereocenters. The van der Waals surface area contributed by atoms with Gasteiger partial charge in [-0.1, -0.05) is 39.0 Å². The topological polar surface area (TPSA) is 138 Å². The van der Waals surface area contributed by atoms with E-state index in [0.717, 1.165) is 23.0 Å². The van der Waals surface area contributed by atoms with Crippen LogP contribution < -0.4 is 16.2 Å². The number of amides is 3. The number of para-hydroxylation sites is 1. The van der Waals surface area contributed by atoms with Gasteiger partial charge >= 0.3 is 6.09 Å². The van der Waals surface area contributed by atoms with E-state index < -0.39 is 23.6 Å². The van der Waals surface area contributed by atoms with Gasteiger partial charge in [-0.05, 0) is 54.5 Å². The third-order valence-electron chi connectivity index (χ3n) is 6.09. The minimum absolute atomic E-state index is 0.0621. The number of methoxy groups -OCH3 is 1. The van der Waals surface area contributed by atoms with Crippen LogP contribution in [0.15, 0.2) is 53.5 Å². The molecule has 0 fully saturated rings. The zero-order valence-corrected chi connectivity index (χ0v) is 23.9. The van der Waals surface area contributed by atoms with Crippen LogP contribution in [-0.4, -0.2) is 64.6 Å². The highest BCUT2D eigenvalue weighted by atomic mass is 16.5. The normalized spacial score (nSPS) is 12.3. The molecule has 1 unspecified atom stereocenters. The quantitative estimate of drug-likeness (QED) is 0.331. The smallest absolute Gasteiger partial charge is 0.407 e. The Kier molecular flexibility index (Phi) is 9.87. The van der Waals surface area contributed by atoms with E-state index in [9.17, 15) is 19.2 Å². The van der Waals surface area contributed by atoms with Gasteiger partial charge in [0.25, 0.3) is 5.56 Å². The molecule has 40 heavy (non-hydrogen) atoms. The van der Waals surface area contributed by atoms with Gasteiger partial charge in [0.1, 0.15) is 17.6 Å². The molecule has 3 rings (SSSR count). The number of hydrogen-bond donors (Lipinski definition) is 3. The summed E-state index contributed by atoms with van der Waals surface area (Å²) in [5, 5.41) is 5.10. The lowest BCUT2D eigenvalue weighted by Gasteiger charge is -2.18. The van der Waals surface area contributed by atoms with Gasteiger partial charge in [0.05, 0.1) is 24.7 Å². The molecule has 0 aliphatic rings. The van der Waals surface area contributed by atoms with Crippen molar-refractivity contribution in [3.05, 3.63) is 70.4 Å². The van der Waals surface area contributed by atoms with Crippen molar-refractivity contribution in [1.29, 1.82) is 0 Å². The summed E-state index contributed by atoms with van der Waals surface area (Å²) in [6, 6.07) is 8.15. The van der Waals surface area contributed by atoms with Gasteiger partial charge in [0.15, 0.2) is 0 Å². The monoisotopic (exact) mass is 550 g/mol. The molecular weight excluding hydrogens is 512 g/mol. The van der Waals surface area contributed by atoms with Crippen LogP contribution in [0.2, 0.25) is 0 Å². The summed E-state index contributed by atoms with van der Waals surface area (Å²) in [6.45, 7) is 6.71. The average Bonchev–Trinajstić information content (AvgIpc) is 3.30. The van der Waals surface area contributed by atoms with Crippen LogP contribution in [0.4, 0.5) is 10.5 Å². The lowest BCUT2D eigenvalue weighted by atomic mass is 9.88. The Morgan fingerprint density at radius 1 is 1.18 bits per heavy atom. The van der Waals surface area contributed by atoms with E-state index in [1.165, 1.54) is 28.7 Å². The Morgan fingerprint density at radius 2 is 1.93 bits per heavy atom. The average molecular weight is 551 g/mol. The Labute approximate surface area is 233 Å². The number of carbonyl (C=O) groups is 3. The number of benzene rings is 1. The number of fused-ring (bicyclic) bond motifs is 1. The molecule has 0 saturated carbocycles. The number of pyridine rings is 1. The highest BCUT2D eigenvalue weighted by Crippen LogP contribution is 2.25. The number of aromatic nitrogens is 3. The predicted molar refractivity (Wildman–Crippen MR) is 154 cm³/mol. The van der Waals surface area contributed by atoms with Crippen LogP contribution in [0.25, 0.3) is 11.0 Å². The van der Waals surface area contributed by atoms with Gasteiger partial charge in [-0.2, -0.15) is 0 Å². The summed E-state index contributed by atoms with van der Waals surface area (Å²) in [5.41, 5.74) is 2.67. The van der Waals surface area contributed by atoms with Crippen molar-refractivity contribution in [2.45, 2.75) is 52.6 Å². The van der Waals surface area contributed by atoms with Gasteiger partial charge in [-0.15, -0.1) is 0 Å². The molecule has 0 bridgehead atoms. The van der Waals surface area contributed by atoms with E-state index in [2.05, 4.69) is 52.2 Å². The SMILES string of the molecule is COC(=O)NC(CCC=CC(=O)N(C)C)C(=O)Nc1cccn(Cc2nc3cccc(CC(C)(C)C)c3[nH]2)c1=O. The Bertz CT molecular complexity index is 1450. The van der Waals surface area contributed by atoms with Crippen LogP contribution in [0.1, 0.15) is 45.0 Å². The number of H-pyrrole nitrogens is 1. The number of alkyl carbamates (subject to hydrolysis) is 1. The number of likely N-dealkylation sites (N-methyl/N-ethyl adjacent to an activating group) is 1. The van der Waals surface area contributed by atoms with Gasteiger partial charge in [-0.25, -0.2) is 9.78 Å². The van der Waals surface area contributed by atoms with E-state index >= 15 is 0 Å². The molecule has 11 nitrogen and oxygen atoms in total. The van der Waals surface area contributed by atoms with Gasteiger partial charge in [-0.3, -0.25) is 14.4 Å². The zero-order chi connectivity index (χ0) is 29.4. The van der Waals surface area contributed by atoms with Crippen LogP contribution in [0, 0.1) is 5.41 Å². The third-order valence-corrected chi connectivity index (χ3v) is 6.09. The van der Waals surface area contributed by atoms with Crippen LogP contribution in [0.5, 0.6) is 0 Å². The fourth-order valence-corrected chi connectivity index (χ4v) is 4.14. The minimum atomic E-state index is -0.990. The van der Waals surface area contributed by atoms with Gasteiger partial charge in [0.2, 0.25) is 11.8 Å². The molecule has 214 valence electrons. The first-order valence-electron chi connectivity index (χ1n) is 13.1. The molecule has 3 N–H and O–H groups in total. The molecule has 11 heteroatoms. The Morgan fingerprint density at radius 3 is 2.60 bits per heavy atom. The fraction of sp³-hybridized carbons (Fsp3) is 0.414. The molecule has 3 amide bonds. The highest BCUT2D eigenvalue weighted by Gasteiger charge is 2.22. The van der Waals surface area contributed by atoms with Crippen molar-refractivity contribution in [3.63, 3.8) is 0 Å². The fourth-order valence-electron chi connectivity index (χ4n) is 4.14. The number of ether oxygens (including phenoxy) is 1. The summed E-state index contributed by atoms with van der Waals surface area (Å²) >= 11 is 0. The van der Waals surface area contributed by atoms with Crippen molar-refractivity contribution < 1.29 is 19.1 Å². The number of aromatic amines is 1. The van der Waals surface area contributed by atoms with Crippen LogP contribution in [-0.2, 0) is 27.3 Å². The first kappa shape index (κ1) is 30.1. The van der Waals surface area contributed by atoms with E-state index in [4.69, 9.17) is 0 Å². The largest absolute Gasteiger partial charge is 0.453 e. The van der Waals surface area contributed by atoms with Crippen molar-refractivity contribution in [2.24, 2.45) is 5.41 Å². The molecule has 2 heterocycles. The van der Waals surface area contributed by atoms with E-state index in [0.29, 0.717) is 12.2 Å². The second kappa shape index (κ2) is 13.1. The summed E-state index contributed by atoms with van der Waals surface area (Å²) < 4.78 is 6.09. The number of allylic oxidation sites excluding steroid dienone is 1. The number of rotatable bonds is 10. The number of imidazole rings is 1. The summed E-state index contributed by atoms with van der Waals surface area (Å²) in [6.07, 6.45) is 5.26. The predicted octanol–water partition coefficient (Wildman–Crippen LogP) is 3.45. The molecule has 0 spiro atoms. The zero-order valence-electron chi connectivity index (χ0n) is 23.9.